The zero-order valence-electron chi connectivity index (χ0n) is 10.2. The van der Waals surface area contributed by atoms with Gasteiger partial charge in [-0.2, -0.15) is 0 Å². The maximum Gasteiger partial charge on any atom is 0.410 e. The minimum absolute atomic E-state index is 0.157. The lowest BCUT2D eigenvalue weighted by atomic mass is 9.90. The Morgan fingerprint density at radius 2 is 1.94 bits per heavy atom. The molecule has 0 aromatic carbocycles. The Bertz CT molecular complexity index is 308. The number of likely N-dealkylation sites (tertiary alicyclic amines) is 1. The maximum absolute atomic E-state index is 11.7. The molecule has 1 aliphatic rings. The summed E-state index contributed by atoms with van der Waals surface area (Å²) in [6.07, 6.45) is -0.0494. The van der Waals surface area contributed by atoms with E-state index in [1.54, 1.807) is 27.7 Å². The minimum Gasteiger partial charge on any atom is -0.549 e. The van der Waals surface area contributed by atoms with Gasteiger partial charge in [-0.1, -0.05) is 6.92 Å². The predicted molar refractivity (Wildman–Crippen MR) is 55.5 cm³/mol. The highest BCUT2D eigenvalue weighted by Gasteiger charge is 2.38. The molecule has 0 saturated carbocycles. The molecule has 0 radical (unpaired) electrons. The Kier molecular flexibility index (Phi) is 3.17. The smallest absolute Gasteiger partial charge is 0.410 e. The van der Waals surface area contributed by atoms with E-state index in [1.165, 1.54) is 4.90 Å². The Hall–Kier alpha value is -1.26. The van der Waals surface area contributed by atoms with E-state index >= 15 is 0 Å². The third-order valence-corrected chi connectivity index (χ3v) is 2.62. The van der Waals surface area contributed by atoms with Crippen LogP contribution in [0.4, 0.5) is 4.79 Å². The van der Waals surface area contributed by atoms with E-state index in [0.717, 1.165) is 0 Å². The van der Waals surface area contributed by atoms with Crippen molar-refractivity contribution in [2.75, 3.05) is 13.1 Å². The van der Waals surface area contributed by atoms with Crippen LogP contribution in [0.25, 0.3) is 0 Å². The van der Waals surface area contributed by atoms with Crippen molar-refractivity contribution in [2.24, 2.45) is 5.41 Å². The number of hydrogen-bond acceptors (Lipinski definition) is 4. The Morgan fingerprint density at radius 3 is 2.31 bits per heavy atom. The summed E-state index contributed by atoms with van der Waals surface area (Å²) >= 11 is 0. The number of rotatable bonds is 1. The molecule has 0 aromatic rings. The molecule has 5 heteroatoms. The zero-order chi connectivity index (χ0) is 12.6. The van der Waals surface area contributed by atoms with Crippen LogP contribution in [-0.4, -0.2) is 35.7 Å². The fourth-order valence-electron chi connectivity index (χ4n) is 1.61. The van der Waals surface area contributed by atoms with Gasteiger partial charge in [-0.05, 0) is 27.2 Å². The lowest BCUT2D eigenvalue weighted by Crippen LogP contribution is -2.43. The SMILES string of the molecule is CC(C)(C)OC(=O)N1CC[C@](C)(C(=O)[O-])C1. The van der Waals surface area contributed by atoms with Gasteiger partial charge < -0.3 is 19.5 Å². The first-order valence-corrected chi connectivity index (χ1v) is 5.33. The van der Waals surface area contributed by atoms with Gasteiger partial charge in [-0.15, -0.1) is 0 Å². The average Bonchev–Trinajstić information content (AvgIpc) is 2.46. The highest BCUT2D eigenvalue weighted by molar-refractivity contribution is 5.76. The molecule has 0 spiro atoms. The first-order valence-electron chi connectivity index (χ1n) is 5.33. The number of amides is 1. The maximum atomic E-state index is 11.7. The monoisotopic (exact) mass is 228 g/mol. The van der Waals surface area contributed by atoms with Crippen molar-refractivity contribution in [3.8, 4) is 0 Å². The molecule has 1 atom stereocenters. The summed E-state index contributed by atoms with van der Waals surface area (Å²) in [5, 5.41) is 10.9. The van der Waals surface area contributed by atoms with Crippen LogP contribution in [-0.2, 0) is 9.53 Å². The number of carbonyl (C=O) groups excluding carboxylic acids is 2. The number of carbonyl (C=O) groups is 2. The number of ether oxygens (including phenoxy) is 1. The van der Waals surface area contributed by atoms with Crippen molar-refractivity contribution in [1.29, 1.82) is 0 Å². The van der Waals surface area contributed by atoms with Gasteiger partial charge in [-0.25, -0.2) is 4.79 Å². The second-order valence-electron chi connectivity index (χ2n) is 5.50. The number of nitrogens with zero attached hydrogens (tertiary/aromatic N) is 1. The Balaban J connectivity index is 2.60. The highest BCUT2D eigenvalue weighted by Crippen LogP contribution is 2.30. The molecule has 92 valence electrons. The van der Waals surface area contributed by atoms with Crippen LogP contribution in [0.5, 0.6) is 0 Å². The molecule has 0 bridgehead atoms. The molecule has 0 N–H and O–H groups in total. The predicted octanol–water partition coefficient (Wildman–Crippen LogP) is 0.383. The first-order chi connectivity index (χ1) is 7.14. The lowest BCUT2D eigenvalue weighted by Gasteiger charge is -2.27. The fraction of sp³-hybridized carbons (Fsp3) is 0.818. The third kappa shape index (κ3) is 2.87. The van der Waals surface area contributed by atoms with Gasteiger partial charge in [0.15, 0.2) is 0 Å². The standard InChI is InChI=1S/C11H19NO4/c1-10(2,3)16-9(15)12-6-5-11(4,7-12)8(13)14/h5-7H2,1-4H3,(H,13,14)/p-1/t11-/m0/s1. The van der Waals surface area contributed by atoms with Crippen molar-refractivity contribution >= 4 is 12.1 Å². The molecular formula is C11H18NO4-. The highest BCUT2D eigenvalue weighted by atomic mass is 16.6. The van der Waals surface area contributed by atoms with Crippen LogP contribution in [0, 0.1) is 5.41 Å². The number of aliphatic carboxylic acids is 1. The van der Waals surface area contributed by atoms with Crippen molar-refractivity contribution in [3.05, 3.63) is 0 Å². The van der Waals surface area contributed by atoms with Crippen molar-refractivity contribution in [3.63, 3.8) is 0 Å². The van der Waals surface area contributed by atoms with Crippen LogP contribution in [0.3, 0.4) is 0 Å². The van der Waals surface area contributed by atoms with Crippen LogP contribution >= 0.6 is 0 Å². The molecule has 1 fully saturated rings. The number of hydrogen-bond donors (Lipinski definition) is 0. The van der Waals surface area contributed by atoms with E-state index in [9.17, 15) is 14.7 Å². The van der Waals surface area contributed by atoms with Crippen LogP contribution in [0.2, 0.25) is 0 Å². The number of carboxylic acids is 1. The van der Waals surface area contributed by atoms with E-state index in [0.29, 0.717) is 13.0 Å². The van der Waals surface area contributed by atoms with Crippen LogP contribution in [0.15, 0.2) is 0 Å². The summed E-state index contributed by atoms with van der Waals surface area (Å²) in [5.41, 5.74) is -1.51. The second-order valence-corrected chi connectivity index (χ2v) is 5.50. The molecule has 0 aromatic heterocycles. The summed E-state index contributed by atoms with van der Waals surface area (Å²) < 4.78 is 5.17. The van der Waals surface area contributed by atoms with E-state index in [2.05, 4.69) is 0 Å². The van der Waals surface area contributed by atoms with Crippen molar-refractivity contribution < 1.29 is 19.4 Å². The van der Waals surface area contributed by atoms with E-state index in [1.807, 2.05) is 0 Å². The summed E-state index contributed by atoms with van der Waals surface area (Å²) in [7, 11) is 0. The van der Waals surface area contributed by atoms with Gasteiger partial charge in [-0.3, -0.25) is 0 Å². The normalized spacial score (nSPS) is 25.6. The van der Waals surface area contributed by atoms with Gasteiger partial charge in [0.2, 0.25) is 0 Å². The van der Waals surface area contributed by atoms with Crippen molar-refractivity contribution in [2.45, 2.75) is 39.7 Å². The van der Waals surface area contributed by atoms with Gasteiger partial charge in [0.05, 0.1) is 0 Å². The summed E-state index contributed by atoms with van der Waals surface area (Å²) in [6.45, 7) is 7.48. The topological polar surface area (TPSA) is 69.7 Å². The van der Waals surface area contributed by atoms with Gasteiger partial charge in [0.1, 0.15) is 5.60 Å². The molecule has 5 nitrogen and oxygen atoms in total. The molecule has 1 saturated heterocycles. The zero-order valence-corrected chi connectivity index (χ0v) is 10.2. The molecule has 1 aliphatic heterocycles. The van der Waals surface area contributed by atoms with Crippen molar-refractivity contribution in [1.82, 2.24) is 4.90 Å². The molecule has 0 unspecified atom stereocenters. The fourth-order valence-corrected chi connectivity index (χ4v) is 1.61. The van der Waals surface area contributed by atoms with Gasteiger partial charge >= 0.3 is 6.09 Å². The summed E-state index contributed by atoms with van der Waals surface area (Å²) in [5.74, 6) is -1.11. The largest absolute Gasteiger partial charge is 0.549 e. The molecular weight excluding hydrogens is 210 g/mol. The summed E-state index contributed by atoms with van der Waals surface area (Å²) in [6, 6.07) is 0. The van der Waals surface area contributed by atoms with E-state index < -0.39 is 23.1 Å². The molecule has 16 heavy (non-hydrogen) atoms. The molecule has 1 rings (SSSR count). The van der Waals surface area contributed by atoms with Crippen LogP contribution in [0.1, 0.15) is 34.1 Å². The molecule has 1 amide bonds. The average molecular weight is 228 g/mol. The number of carboxylic acid groups (broad SMARTS) is 1. The van der Waals surface area contributed by atoms with Gasteiger partial charge in [0.25, 0.3) is 0 Å². The van der Waals surface area contributed by atoms with E-state index in [4.69, 9.17) is 4.74 Å². The minimum atomic E-state index is -1.11. The van der Waals surface area contributed by atoms with Crippen LogP contribution < -0.4 is 5.11 Å². The third-order valence-electron chi connectivity index (χ3n) is 2.62. The van der Waals surface area contributed by atoms with E-state index in [-0.39, 0.29) is 6.54 Å². The first kappa shape index (κ1) is 12.8. The second kappa shape index (κ2) is 3.96. The summed E-state index contributed by atoms with van der Waals surface area (Å²) in [4.78, 5) is 24.0. The Morgan fingerprint density at radius 1 is 1.38 bits per heavy atom. The lowest BCUT2D eigenvalue weighted by molar-refractivity contribution is -0.317. The molecule has 1 heterocycles. The quantitative estimate of drug-likeness (QED) is 0.650. The van der Waals surface area contributed by atoms with Gasteiger partial charge in [0, 0.05) is 24.5 Å². The molecule has 0 aliphatic carbocycles. The Labute approximate surface area is 95.4 Å².